The Kier molecular flexibility index (Phi) is 6.05. The molecule has 3 nitrogen and oxygen atoms in total. The summed E-state index contributed by atoms with van der Waals surface area (Å²) in [5, 5.41) is 0. The van der Waals surface area contributed by atoms with Gasteiger partial charge in [-0.15, -0.1) is 0 Å². The molecule has 2 rings (SSSR count). The SMILES string of the molecule is CCN(CC)C(=O)c1ccc(OC)cc1[Se]c1ccccc1. The summed E-state index contributed by atoms with van der Waals surface area (Å²) in [6, 6.07) is 16.0. The van der Waals surface area contributed by atoms with Gasteiger partial charge in [-0.2, -0.15) is 0 Å². The summed E-state index contributed by atoms with van der Waals surface area (Å²) in [5.41, 5.74) is 0.786. The van der Waals surface area contributed by atoms with Crippen LogP contribution >= 0.6 is 0 Å². The van der Waals surface area contributed by atoms with Gasteiger partial charge in [-0.1, -0.05) is 0 Å². The second-order valence-electron chi connectivity index (χ2n) is 4.75. The quantitative estimate of drug-likeness (QED) is 0.734. The van der Waals surface area contributed by atoms with E-state index in [4.69, 9.17) is 4.74 Å². The average Bonchev–Trinajstić information content (AvgIpc) is 2.56. The normalized spacial score (nSPS) is 10.3. The zero-order valence-electron chi connectivity index (χ0n) is 13.2. The van der Waals surface area contributed by atoms with Crippen LogP contribution in [0.5, 0.6) is 5.75 Å². The average molecular weight is 362 g/mol. The fourth-order valence-corrected chi connectivity index (χ4v) is 4.26. The molecule has 22 heavy (non-hydrogen) atoms. The summed E-state index contributed by atoms with van der Waals surface area (Å²) in [5.74, 6) is 0.893. The van der Waals surface area contributed by atoms with Crippen LogP contribution < -0.4 is 13.7 Å². The molecule has 0 N–H and O–H groups in total. The Morgan fingerprint density at radius 2 is 1.77 bits per heavy atom. The van der Waals surface area contributed by atoms with Crippen molar-refractivity contribution in [3.8, 4) is 5.75 Å². The van der Waals surface area contributed by atoms with E-state index in [-0.39, 0.29) is 20.9 Å². The predicted molar refractivity (Wildman–Crippen MR) is 91.7 cm³/mol. The summed E-state index contributed by atoms with van der Waals surface area (Å²) in [4.78, 5) is 14.6. The number of amides is 1. The molecular formula is C18H21NO2Se. The van der Waals surface area contributed by atoms with Crippen molar-refractivity contribution < 1.29 is 9.53 Å². The number of methoxy groups -OCH3 is 1. The molecule has 0 heterocycles. The van der Waals surface area contributed by atoms with Crippen LogP contribution in [-0.2, 0) is 0 Å². The first kappa shape index (κ1) is 16.6. The first-order chi connectivity index (χ1) is 10.7. The molecule has 2 aromatic rings. The van der Waals surface area contributed by atoms with Crippen molar-refractivity contribution in [2.45, 2.75) is 13.8 Å². The molecule has 0 spiro atoms. The molecule has 0 fully saturated rings. The molecule has 0 aliphatic carbocycles. The minimum absolute atomic E-state index is 0.0773. The van der Waals surface area contributed by atoms with Gasteiger partial charge in [-0.25, -0.2) is 0 Å². The third-order valence-corrected chi connectivity index (χ3v) is 5.68. The maximum absolute atomic E-state index is 12.7. The van der Waals surface area contributed by atoms with E-state index >= 15 is 0 Å². The van der Waals surface area contributed by atoms with Crippen LogP contribution in [0.25, 0.3) is 0 Å². The van der Waals surface area contributed by atoms with Crippen molar-refractivity contribution in [1.82, 2.24) is 4.90 Å². The Labute approximate surface area is 138 Å². The van der Waals surface area contributed by atoms with E-state index in [0.29, 0.717) is 0 Å². The van der Waals surface area contributed by atoms with Gasteiger partial charge >= 0.3 is 138 Å². The number of hydrogen-bond acceptors (Lipinski definition) is 2. The number of carbonyl (C=O) groups excluding carboxylic acids is 1. The fraction of sp³-hybridized carbons (Fsp3) is 0.278. The number of carbonyl (C=O) groups is 1. The molecule has 0 aliphatic rings. The third kappa shape index (κ3) is 3.90. The molecule has 0 bridgehead atoms. The summed E-state index contributed by atoms with van der Waals surface area (Å²) < 4.78 is 7.64. The van der Waals surface area contributed by atoms with Gasteiger partial charge in [-0.3, -0.25) is 0 Å². The van der Waals surface area contributed by atoms with Crippen LogP contribution in [0.1, 0.15) is 24.2 Å². The summed E-state index contributed by atoms with van der Waals surface area (Å²) in [6.45, 7) is 5.46. The Balaban J connectivity index is 2.38. The van der Waals surface area contributed by atoms with Gasteiger partial charge in [0, 0.05) is 0 Å². The number of hydrogen-bond donors (Lipinski definition) is 0. The zero-order chi connectivity index (χ0) is 15.9. The van der Waals surface area contributed by atoms with Crippen molar-refractivity contribution in [2.75, 3.05) is 20.2 Å². The monoisotopic (exact) mass is 363 g/mol. The van der Waals surface area contributed by atoms with E-state index < -0.39 is 0 Å². The molecule has 0 saturated heterocycles. The van der Waals surface area contributed by atoms with E-state index in [0.717, 1.165) is 28.9 Å². The molecule has 116 valence electrons. The second-order valence-corrected chi connectivity index (χ2v) is 7.09. The van der Waals surface area contributed by atoms with Gasteiger partial charge < -0.3 is 0 Å². The molecule has 0 aromatic heterocycles. The molecule has 2 aromatic carbocycles. The Morgan fingerprint density at radius 3 is 2.36 bits per heavy atom. The van der Waals surface area contributed by atoms with Crippen molar-refractivity contribution in [1.29, 1.82) is 0 Å². The van der Waals surface area contributed by atoms with Gasteiger partial charge in [0.25, 0.3) is 0 Å². The van der Waals surface area contributed by atoms with E-state index in [2.05, 4.69) is 12.1 Å². The Bertz CT molecular complexity index is 624. The van der Waals surface area contributed by atoms with Gasteiger partial charge in [0.15, 0.2) is 0 Å². The number of benzene rings is 2. The molecule has 0 saturated carbocycles. The van der Waals surface area contributed by atoms with Gasteiger partial charge in [0.05, 0.1) is 0 Å². The second kappa shape index (κ2) is 8.02. The molecule has 1 amide bonds. The van der Waals surface area contributed by atoms with Crippen LogP contribution in [0.15, 0.2) is 48.5 Å². The number of rotatable bonds is 6. The maximum atomic E-state index is 12.7. The van der Waals surface area contributed by atoms with Crippen LogP contribution in [-0.4, -0.2) is 46.0 Å². The minimum atomic E-state index is 0.0773. The van der Waals surface area contributed by atoms with Crippen LogP contribution in [0.2, 0.25) is 0 Å². The van der Waals surface area contributed by atoms with E-state index in [1.807, 2.05) is 55.1 Å². The van der Waals surface area contributed by atoms with Gasteiger partial charge in [0.1, 0.15) is 0 Å². The van der Waals surface area contributed by atoms with Crippen molar-refractivity contribution >= 4 is 29.8 Å². The number of nitrogens with zero attached hydrogens (tertiary/aromatic N) is 1. The number of ether oxygens (including phenoxy) is 1. The summed E-state index contributed by atoms with van der Waals surface area (Å²) in [7, 11) is 1.65. The topological polar surface area (TPSA) is 29.5 Å². The first-order valence-corrected chi connectivity index (χ1v) is 9.11. The standard InChI is InChI=1S/C18H21NO2Se/c1-4-19(5-2)18(20)16-12-11-14(21-3)13-17(16)22-15-9-7-6-8-10-15/h6-13H,4-5H2,1-3H3. The van der Waals surface area contributed by atoms with E-state index in [1.54, 1.807) is 7.11 Å². The first-order valence-electron chi connectivity index (χ1n) is 7.39. The van der Waals surface area contributed by atoms with Crippen LogP contribution in [0, 0.1) is 0 Å². The molecule has 0 atom stereocenters. The van der Waals surface area contributed by atoms with Crippen LogP contribution in [0.4, 0.5) is 0 Å². The van der Waals surface area contributed by atoms with Crippen LogP contribution in [0.3, 0.4) is 0 Å². The van der Waals surface area contributed by atoms with E-state index in [1.165, 1.54) is 4.46 Å². The third-order valence-electron chi connectivity index (χ3n) is 3.44. The van der Waals surface area contributed by atoms with Gasteiger partial charge in [-0.05, 0) is 0 Å². The zero-order valence-corrected chi connectivity index (χ0v) is 14.9. The molecule has 4 heteroatoms. The van der Waals surface area contributed by atoms with E-state index in [9.17, 15) is 4.79 Å². The Hall–Kier alpha value is -1.77. The predicted octanol–water partition coefficient (Wildman–Crippen LogP) is 1.83. The molecule has 0 aliphatic heterocycles. The Morgan fingerprint density at radius 1 is 1.09 bits per heavy atom. The fourth-order valence-electron chi connectivity index (χ4n) is 2.19. The van der Waals surface area contributed by atoms with Gasteiger partial charge in [0.2, 0.25) is 0 Å². The molecule has 0 radical (unpaired) electrons. The van der Waals surface area contributed by atoms with Crippen molar-refractivity contribution in [3.63, 3.8) is 0 Å². The molecular weight excluding hydrogens is 341 g/mol. The summed E-state index contributed by atoms with van der Waals surface area (Å²) in [6.07, 6.45) is 0. The molecule has 0 unspecified atom stereocenters. The van der Waals surface area contributed by atoms with Crippen molar-refractivity contribution in [3.05, 3.63) is 54.1 Å². The summed E-state index contributed by atoms with van der Waals surface area (Å²) >= 11 is 0.0773. The van der Waals surface area contributed by atoms with Crippen molar-refractivity contribution in [2.24, 2.45) is 0 Å².